The van der Waals surface area contributed by atoms with E-state index in [-0.39, 0.29) is 5.56 Å². The van der Waals surface area contributed by atoms with Crippen LogP contribution in [0.25, 0.3) is 11.3 Å². The van der Waals surface area contributed by atoms with Crippen LogP contribution in [0.4, 0.5) is 0 Å². The number of hydrogen-bond donors (Lipinski definition) is 1. The van der Waals surface area contributed by atoms with Crippen LogP contribution in [0.15, 0.2) is 30.5 Å². The van der Waals surface area contributed by atoms with Gasteiger partial charge in [-0.1, -0.05) is 13.8 Å². The molecule has 5 heteroatoms. The van der Waals surface area contributed by atoms with E-state index in [0.717, 1.165) is 24.2 Å². The van der Waals surface area contributed by atoms with E-state index < -0.39 is 5.97 Å². The second-order valence-corrected chi connectivity index (χ2v) is 4.83. The summed E-state index contributed by atoms with van der Waals surface area (Å²) >= 11 is 0. The molecule has 0 saturated heterocycles. The van der Waals surface area contributed by atoms with Gasteiger partial charge in [0, 0.05) is 18.3 Å². The maximum atomic E-state index is 11.3. The topological polar surface area (TPSA) is 64.4 Å². The van der Waals surface area contributed by atoms with Crippen LogP contribution in [-0.4, -0.2) is 27.5 Å². The lowest BCUT2D eigenvalue weighted by atomic mass is 10.1. The minimum absolute atomic E-state index is 0.227. The summed E-state index contributed by atoms with van der Waals surface area (Å²) in [4.78, 5) is 11.3. The van der Waals surface area contributed by atoms with Crippen LogP contribution in [0, 0.1) is 0 Å². The molecular formula is C16H20N2O3. The highest BCUT2D eigenvalue weighted by molar-refractivity contribution is 5.94. The maximum Gasteiger partial charge on any atom is 0.339 e. The fourth-order valence-electron chi connectivity index (χ4n) is 2.06. The van der Waals surface area contributed by atoms with E-state index in [2.05, 4.69) is 5.10 Å². The average molecular weight is 288 g/mol. The van der Waals surface area contributed by atoms with Crippen LogP contribution >= 0.6 is 0 Å². The molecule has 0 radical (unpaired) electrons. The quantitative estimate of drug-likeness (QED) is 0.847. The Morgan fingerprint density at radius 3 is 2.52 bits per heavy atom. The Balaban J connectivity index is 2.29. The molecule has 1 aromatic heterocycles. The standard InChI is InChI=1S/C16H20N2O3/c1-3-9-18-11-14(16(19)20)15(17-18)12-5-7-13(8-6-12)21-10-4-2/h5-8,11H,3-4,9-10H2,1-2H3,(H,19,20). The number of ether oxygens (including phenoxy) is 1. The number of rotatable bonds is 7. The van der Waals surface area contributed by atoms with Crippen molar-refractivity contribution in [2.75, 3.05) is 6.61 Å². The summed E-state index contributed by atoms with van der Waals surface area (Å²) in [5.41, 5.74) is 1.51. The van der Waals surface area contributed by atoms with Crippen LogP contribution in [0.3, 0.4) is 0 Å². The van der Waals surface area contributed by atoms with E-state index in [1.807, 2.05) is 38.1 Å². The Hall–Kier alpha value is -2.30. The summed E-state index contributed by atoms with van der Waals surface area (Å²) in [6.45, 7) is 5.46. The minimum atomic E-state index is -0.960. The van der Waals surface area contributed by atoms with Gasteiger partial charge in [0.25, 0.3) is 0 Å². The minimum Gasteiger partial charge on any atom is -0.494 e. The first-order valence-corrected chi connectivity index (χ1v) is 7.19. The van der Waals surface area contributed by atoms with Gasteiger partial charge in [0.1, 0.15) is 17.0 Å². The number of nitrogens with zero attached hydrogens (tertiary/aromatic N) is 2. The third kappa shape index (κ3) is 3.62. The monoisotopic (exact) mass is 288 g/mol. The van der Waals surface area contributed by atoms with Gasteiger partial charge in [0.2, 0.25) is 0 Å². The highest BCUT2D eigenvalue weighted by Gasteiger charge is 2.16. The zero-order valence-corrected chi connectivity index (χ0v) is 12.4. The molecule has 2 rings (SSSR count). The Labute approximate surface area is 124 Å². The molecule has 112 valence electrons. The lowest BCUT2D eigenvalue weighted by Gasteiger charge is -2.05. The van der Waals surface area contributed by atoms with Crippen molar-refractivity contribution >= 4 is 5.97 Å². The van der Waals surface area contributed by atoms with Gasteiger partial charge in [-0.2, -0.15) is 5.10 Å². The molecule has 1 N–H and O–H groups in total. The van der Waals surface area contributed by atoms with Gasteiger partial charge in [0.15, 0.2) is 0 Å². The number of carboxylic acid groups (broad SMARTS) is 1. The van der Waals surface area contributed by atoms with E-state index >= 15 is 0 Å². The third-order valence-corrected chi connectivity index (χ3v) is 3.05. The lowest BCUT2D eigenvalue weighted by molar-refractivity contribution is 0.0697. The Morgan fingerprint density at radius 1 is 1.24 bits per heavy atom. The first-order chi connectivity index (χ1) is 10.2. The van der Waals surface area contributed by atoms with Crippen molar-refractivity contribution in [1.29, 1.82) is 0 Å². The summed E-state index contributed by atoms with van der Waals surface area (Å²) in [6, 6.07) is 7.37. The number of benzene rings is 1. The van der Waals surface area contributed by atoms with Crippen molar-refractivity contribution in [2.45, 2.75) is 33.2 Å². The second kappa shape index (κ2) is 6.92. The van der Waals surface area contributed by atoms with Gasteiger partial charge in [-0.25, -0.2) is 4.79 Å². The normalized spacial score (nSPS) is 10.6. The summed E-state index contributed by atoms with van der Waals surface area (Å²) in [7, 11) is 0. The highest BCUT2D eigenvalue weighted by Crippen LogP contribution is 2.24. The molecule has 0 bridgehead atoms. The predicted octanol–water partition coefficient (Wildman–Crippen LogP) is 3.45. The largest absolute Gasteiger partial charge is 0.494 e. The van der Waals surface area contributed by atoms with Crippen molar-refractivity contribution in [1.82, 2.24) is 9.78 Å². The SMILES string of the molecule is CCCOc1ccc(-c2nn(CCC)cc2C(=O)O)cc1. The molecule has 0 aliphatic rings. The van der Waals surface area contributed by atoms with Crippen LogP contribution in [0.2, 0.25) is 0 Å². The fourth-order valence-corrected chi connectivity index (χ4v) is 2.06. The lowest BCUT2D eigenvalue weighted by Crippen LogP contribution is -1.97. The van der Waals surface area contributed by atoms with E-state index in [0.29, 0.717) is 18.8 Å². The molecule has 0 fully saturated rings. The van der Waals surface area contributed by atoms with E-state index in [1.54, 1.807) is 10.9 Å². The highest BCUT2D eigenvalue weighted by atomic mass is 16.5. The number of hydrogen-bond acceptors (Lipinski definition) is 3. The van der Waals surface area contributed by atoms with Crippen LogP contribution in [-0.2, 0) is 6.54 Å². The number of carbonyl (C=O) groups is 1. The van der Waals surface area contributed by atoms with E-state index in [1.165, 1.54) is 0 Å². The fraction of sp³-hybridized carbons (Fsp3) is 0.375. The molecule has 1 heterocycles. The van der Waals surface area contributed by atoms with Crippen molar-refractivity contribution in [3.05, 3.63) is 36.0 Å². The smallest absolute Gasteiger partial charge is 0.339 e. The summed E-state index contributed by atoms with van der Waals surface area (Å²) in [5.74, 6) is -0.177. The van der Waals surface area contributed by atoms with Crippen LogP contribution in [0.5, 0.6) is 5.75 Å². The third-order valence-electron chi connectivity index (χ3n) is 3.05. The second-order valence-electron chi connectivity index (χ2n) is 4.83. The number of carboxylic acids is 1. The van der Waals surface area contributed by atoms with Crippen molar-refractivity contribution in [3.8, 4) is 17.0 Å². The number of aromatic carboxylic acids is 1. The van der Waals surface area contributed by atoms with Gasteiger partial charge in [-0.15, -0.1) is 0 Å². The molecule has 5 nitrogen and oxygen atoms in total. The van der Waals surface area contributed by atoms with Gasteiger partial charge >= 0.3 is 5.97 Å². The van der Waals surface area contributed by atoms with Crippen molar-refractivity contribution in [3.63, 3.8) is 0 Å². The molecule has 0 aliphatic heterocycles. The maximum absolute atomic E-state index is 11.3. The van der Waals surface area contributed by atoms with E-state index in [9.17, 15) is 9.90 Å². The molecule has 0 saturated carbocycles. The molecule has 1 aromatic carbocycles. The Morgan fingerprint density at radius 2 is 1.95 bits per heavy atom. The molecule has 0 unspecified atom stereocenters. The Kier molecular flexibility index (Phi) is 4.98. The molecule has 0 amide bonds. The average Bonchev–Trinajstić information content (AvgIpc) is 2.90. The van der Waals surface area contributed by atoms with Crippen LogP contribution < -0.4 is 4.74 Å². The Bertz CT molecular complexity index is 602. The van der Waals surface area contributed by atoms with Crippen LogP contribution in [0.1, 0.15) is 37.0 Å². The zero-order valence-electron chi connectivity index (χ0n) is 12.4. The first-order valence-electron chi connectivity index (χ1n) is 7.19. The predicted molar refractivity (Wildman–Crippen MR) is 80.7 cm³/mol. The summed E-state index contributed by atoms with van der Waals surface area (Å²) < 4.78 is 7.21. The van der Waals surface area contributed by atoms with Gasteiger partial charge in [-0.05, 0) is 37.1 Å². The molecule has 0 spiro atoms. The van der Waals surface area contributed by atoms with Gasteiger partial charge in [-0.3, -0.25) is 4.68 Å². The van der Waals surface area contributed by atoms with E-state index in [4.69, 9.17) is 4.74 Å². The number of aromatic nitrogens is 2. The summed E-state index contributed by atoms with van der Waals surface area (Å²) in [5, 5.41) is 13.7. The molecular weight excluding hydrogens is 268 g/mol. The van der Waals surface area contributed by atoms with Crippen molar-refractivity contribution in [2.24, 2.45) is 0 Å². The molecule has 2 aromatic rings. The van der Waals surface area contributed by atoms with Crippen molar-refractivity contribution < 1.29 is 14.6 Å². The first kappa shape index (κ1) is 15.1. The van der Waals surface area contributed by atoms with Gasteiger partial charge in [0.05, 0.1) is 6.61 Å². The molecule has 21 heavy (non-hydrogen) atoms. The molecule has 0 aliphatic carbocycles. The number of aryl methyl sites for hydroxylation is 1. The summed E-state index contributed by atoms with van der Waals surface area (Å²) in [6.07, 6.45) is 3.44. The van der Waals surface area contributed by atoms with Gasteiger partial charge < -0.3 is 9.84 Å². The zero-order chi connectivity index (χ0) is 15.2. The molecule has 0 atom stereocenters.